The number of ether oxygens (including phenoxy) is 1. The van der Waals surface area contributed by atoms with Crippen molar-refractivity contribution in [3.63, 3.8) is 0 Å². The maximum absolute atomic E-state index is 13.1. The number of carbonyl (C=O) groups is 2. The summed E-state index contributed by atoms with van der Waals surface area (Å²) in [5.41, 5.74) is 0.809. The molecule has 1 aliphatic carbocycles. The van der Waals surface area contributed by atoms with Crippen molar-refractivity contribution in [3.8, 4) is 5.75 Å². The molecule has 3 rings (SSSR count). The predicted octanol–water partition coefficient (Wildman–Crippen LogP) is 4.71. The fraction of sp³-hybridized carbons (Fsp3) is 0.591. The molecule has 5 heteroatoms. The molecular weight excluding hydrogens is 340 g/mol. The number of Topliss-reactive ketones (excluding diaryl/α,β-unsaturated/α-hetero) is 1. The summed E-state index contributed by atoms with van der Waals surface area (Å²) in [6.45, 7) is 7.90. The zero-order valence-electron chi connectivity index (χ0n) is 17.2. The molecule has 1 heterocycles. The third-order valence-electron chi connectivity index (χ3n) is 5.81. The lowest BCUT2D eigenvalue weighted by molar-refractivity contribution is -0.137. The van der Waals surface area contributed by atoms with Gasteiger partial charge in [-0.05, 0) is 44.7 Å². The Labute approximate surface area is 162 Å². The Bertz CT molecular complexity index is 707. The highest BCUT2D eigenvalue weighted by atomic mass is 16.5. The molecular formula is C22H32N2O3. The summed E-state index contributed by atoms with van der Waals surface area (Å²) in [7, 11) is 1.57. The van der Waals surface area contributed by atoms with Crippen molar-refractivity contribution < 1.29 is 14.3 Å². The topological polar surface area (TPSA) is 59.0 Å². The van der Waals surface area contributed by atoms with Crippen LogP contribution in [0.15, 0.2) is 29.4 Å². The van der Waals surface area contributed by atoms with Crippen LogP contribution in [0.25, 0.3) is 0 Å². The molecule has 2 aliphatic rings. The van der Waals surface area contributed by atoms with E-state index in [-0.39, 0.29) is 18.2 Å². The van der Waals surface area contributed by atoms with Gasteiger partial charge in [0.2, 0.25) is 0 Å². The number of rotatable bonds is 5. The molecule has 0 saturated heterocycles. The zero-order valence-corrected chi connectivity index (χ0v) is 17.2. The van der Waals surface area contributed by atoms with E-state index in [1.165, 1.54) is 24.3 Å². The van der Waals surface area contributed by atoms with Crippen molar-refractivity contribution in [2.45, 2.75) is 59.8 Å². The molecule has 0 N–H and O–H groups in total. The van der Waals surface area contributed by atoms with Gasteiger partial charge in [-0.1, -0.05) is 45.2 Å². The van der Waals surface area contributed by atoms with Gasteiger partial charge in [-0.25, -0.2) is 5.01 Å². The highest BCUT2D eigenvalue weighted by Gasteiger charge is 2.50. The van der Waals surface area contributed by atoms with Crippen LogP contribution in [-0.4, -0.2) is 36.1 Å². The number of amides is 1. The van der Waals surface area contributed by atoms with Crippen molar-refractivity contribution in [2.24, 2.45) is 16.4 Å². The van der Waals surface area contributed by atoms with E-state index >= 15 is 0 Å². The first-order valence-electron chi connectivity index (χ1n) is 10.0. The quantitative estimate of drug-likeness (QED) is 0.703. The minimum atomic E-state index is -0.560. The summed E-state index contributed by atoms with van der Waals surface area (Å²) < 4.78 is 5.17. The average molecular weight is 373 g/mol. The Morgan fingerprint density at radius 2 is 1.93 bits per heavy atom. The molecule has 1 saturated carbocycles. The van der Waals surface area contributed by atoms with Gasteiger partial charge < -0.3 is 4.74 Å². The smallest absolute Gasteiger partial charge is 0.255 e. The first kappa shape index (κ1) is 21.1. The second-order valence-corrected chi connectivity index (χ2v) is 7.24. The Balaban J connectivity index is 0.00000126. The average Bonchev–Trinajstić information content (AvgIpc) is 2.94. The second kappa shape index (κ2) is 9.16. The van der Waals surface area contributed by atoms with Gasteiger partial charge in [-0.3, -0.25) is 9.59 Å². The lowest BCUT2D eigenvalue weighted by Gasteiger charge is -2.35. The van der Waals surface area contributed by atoms with Crippen LogP contribution in [0.5, 0.6) is 5.75 Å². The van der Waals surface area contributed by atoms with E-state index in [0.29, 0.717) is 17.2 Å². The standard InChI is InChI=1S/C20H26N2O3.C2H6/c1-14-20(2,16-9-5-4-6-10-16)19(24)22(21-14)13-18(23)15-8-7-11-17(12-15)25-3;1-2/h7-8,11-12,16H,4-6,9-10,13H2,1-3H3;1-2H3. The van der Waals surface area contributed by atoms with E-state index in [1.54, 1.807) is 31.4 Å². The van der Waals surface area contributed by atoms with Crippen LogP contribution in [0, 0.1) is 11.3 Å². The third-order valence-corrected chi connectivity index (χ3v) is 5.81. The summed E-state index contributed by atoms with van der Waals surface area (Å²) >= 11 is 0. The minimum absolute atomic E-state index is 0.0222. The molecule has 1 unspecified atom stereocenters. The largest absolute Gasteiger partial charge is 0.497 e. The van der Waals surface area contributed by atoms with Gasteiger partial charge >= 0.3 is 0 Å². The molecule has 0 aromatic heterocycles. The number of hydrogen-bond donors (Lipinski definition) is 0. The fourth-order valence-corrected chi connectivity index (χ4v) is 4.03. The number of hydrazone groups is 1. The van der Waals surface area contributed by atoms with Crippen LogP contribution < -0.4 is 4.74 Å². The molecule has 1 atom stereocenters. The molecule has 0 spiro atoms. The van der Waals surface area contributed by atoms with Crippen molar-refractivity contribution >= 4 is 17.4 Å². The Hall–Kier alpha value is -2.17. The van der Waals surface area contributed by atoms with Crippen LogP contribution in [0.1, 0.15) is 70.2 Å². The number of nitrogens with zero attached hydrogens (tertiary/aromatic N) is 2. The summed E-state index contributed by atoms with van der Waals surface area (Å²) in [5.74, 6) is 0.796. The third kappa shape index (κ3) is 4.23. The number of benzene rings is 1. The van der Waals surface area contributed by atoms with Crippen molar-refractivity contribution in [1.82, 2.24) is 5.01 Å². The van der Waals surface area contributed by atoms with Crippen molar-refractivity contribution in [2.75, 3.05) is 13.7 Å². The van der Waals surface area contributed by atoms with Crippen molar-refractivity contribution in [3.05, 3.63) is 29.8 Å². The van der Waals surface area contributed by atoms with Gasteiger partial charge in [0.15, 0.2) is 5.78 Å². The Morgan fingerprint density at radius 1 is 1.26 bits per heavy atom. The lowest BCUT2D eigenvalue weighted by Crippen LogP contribution is -2.44. The van der Waals surface area contributed by atoms with E-state index < -0.39 is 5.41 Å². The zero-order chi connectivity index (χ0) is 20.0. The van der Waals surface area contributed by atoms with E-state index in [2.05, 4.69) is 5.10 Å². The molecule has 1 aromatic carbocycles. The molecule has 1 aliphatic heterocycles. The number of hydrogen-bond acceptors (Lipinski definition) is 4. The van der Waals surface area contributed by atoms with Crippen LogP contribution in [0.3, 0.4) is 0 Å². The highest BCUT2D eigenvalue weighted by molar-refractivity contribution is 6.12. The van der Waals surface area contributed by atoms with Gasteiger partial charge in [-0.2, -0.15) is 5.10 Å². The molecule has 1 amide bonds. The first-order valence-corrected chi connectivity index (χ1v) is 10.0. The van der Waals surface area contributed by atoms with Gasteiger partial charge in [-0.15, -0.1) is 0 Å². The van der Waals surface area contributed by atoms with Crippen LogP contribution in [-0.2, 0) is 4.79 Å². The van der Waals surface area contributed by atoms with Crippen LogP contribution in [0.2, 0.25) is 0 Å². The fourth-order valence-electron chi connectivity index (χ4n) is 4.03. The maximum atomic E-state index is 13.1. The van der Waals surface area contributed by atoms with E-state index in [0.717, 1.165) is 18.6 Å². The SMILES string of the molecule is CC.COc1cccc(C(=O)CN2N=C(C)C(C)(C3CCCCC3)C2=O)c1. The molecule has 1 fully saturated rings. The molecule has 0 radical (unpaired) electrons. The van der Waals surface area contributed by atoms with Crippen molar-refractivity contribution in [1.29, 1.82) is 0 Å². The van der Waals surface area contributed by atoms with E-state index in [1.807, 2.05) is 27.7 Å². The normalized spacial score (nSPS) is 22.8. The lowest BCUT2D eigenvalue weighted by atomic mass is 9.67. The second-order valence-electron chi connectivity index (χ2n) is 7.24. The van der Waals surface area contributed by atoms with Gasteiger partial charge in [0.1, 0.15) is 12.3 Å². The Morgan fingerprint density at radius 3 is 2.56 bits per heavy atom. The molecule has 148 valence electrons. The van der Waals surface area contributed by atoms with Crippen LogP contribution >= 0.6 is 0 Å². The molecule has 1 aromatic rings. The highest BCUT2D eigenvalue weighted by Crippen LogP contribution is 2.43. The minimum Gasteiger partial charge on any atom is -0.497 e. The van der Waals surface area contributed by atoms with E-state index in [4.69, 9.17) is 4.74 Å². The predicted molar refractivity (Wildman–Crippen MR) is 108 cm³/mol. The number of ketones is 1. The van der Waals surface area contributed by atoms with Gasteiger partial charge in [0, 0.05) is 5.56 Å². The van der Waals surface area contributed by atoms with Gasteiger partial charge in [0.05, 0.1) is 18.2 Å². The van der Waals surface area contributed by atoms with Gasteiger partial charge in [0.25, 0.3) is 5.91 Å². The monoisotopic (exact) mass is 372 g/mol. The molecule has 27 heavy (non-hydrogen) atoms. The summed E-state index contributed by atoms with van der Waals surface area (Å²) in [6.07, 6.45) is 5.71. The Kier molecular flexibility index (Phi) is 7.17. The van der Waals surface area contributed by atoms with Crippen LogP contribution in [0.4, 0.5) is 0 Å². The number of methoxy groups -OCH3 is 1. The van der Waals surface area contributed by atoms with E-state index in [9.17, 15) is 9.59 Å². The number of carbonyl (C=O) groups excluding carboxylic acids is 2. The summed E-state index contributed by atoms with van der Waals surface area (Å²) in [5, 5.41) is 5.82. The molecule has 5 nitrogen and oxygen atoms in total. The first-order chi connectivity index (χ1) is 13.0. The summed E-state index contributed by atoms with van der Waals surface area (Å²) in [4.78, 5) is 25.7. The molecule has 0 bridgehead atoms. The maximum Gasteiger partial charge on any atom is 0.255 e. The summed E-state index contributed by atoms with van der Waals surface area (Å²) in [6, 6.07) is 7.00.